The van der Waals surface area contributed by atoms with Crippen LogP contribution in [0.2, 0.25) is 5.02 Å². The minimum absolute atomic E-state index is 0.0588. The van der Waals surface area contributed by atoms with Crippen molar-refractivity contribution in [3.63, 3.8) is 0 Å². The van der Waals surface area contributed by atoms with E-state index < -0.39 is 0 Å². The van der Waals surface area contributed by atoms with E-state index >= 15 is 0 Å². The van der Waals surface area contributed by atoms with E-state index in [1.54, 1.807) is 18.2 Å². The highest BCUT2D eigenvalue weighted by Gasteiger charge is 2.15. The van der Waals surface area contributed by atoms with Crippen LogP contribution < -0.4 is 10.9 Å². The number of halogens is 1. The van der Waals surface area contributed by atoms with Crippen LogP contribution >= 0.6 is 11.6 Å². The van der Waals surface area contributed by atoms with E-state index in [9.17, 15) is 9.59 Å². The normalized spacial score (nSPS) is 15.9. The van der Waals surface area contributed by atoms with Crippen molar-refractivity contribution in [2.75, 3.05) is 0 Å². The van der Waals surface area contributed by atoms with Gasteiger partial charge in [-0.3, -0.25) is 9.59 Å². The lowest BCUT2D eigenvalue weighted by Gasteiger charge is -2.21. The van der Waals surface area contributed by atoms with Gasteiger partial charge in [0.05, 0.1) is 5.69 Å². The van der Waals surface area contributed by atoms with Crippen LogP contribution in [0.3, 0.4) is 0 Å². The Bertz CT molecular complexity index is 793. The molecule has 0 atom stereocenters. The lowest BCUT2D eigenvalue weighted by Crippen LogP contribution is -2.39. The van der Waals surface area contributed by atoms with Crippen molar-refractivity contribution in [1.82, 2.24) is 15.1 Å². The van der Waals surface area contributed by atoms with Gasteiger partial charge in [0.25, 0.3) is 5.56 Å². The summed E-state index contributed by atoms with van der Waals surface area (Å²) in [5.41, 5.74) is 1.21. The number of rotatable bonds is 4. The number of nitrogens with zero attached hydrogens (tertiary/aromatic N) is 2. The molecule has 1 aromatic heterocycles. The fourth-order valence-corrected chi connectivity index (χ4v) is 3.47. The van der Waals surface area contributed by atoms with Crippen molar-refractivity contribution in [2.45, 2.75) is 57.5 Å². The van der Waals surface area contributed by atoms with Gasteiger partial charge in [-0.1, -0.05) is 55.8 Å². The molecule has 0 saturated heterocycles. The zero-order chi connectivity index (χ0) is 18.4. The quantitative estimate of drug-likeness (QED) is 0.886. The maximum Gasteiger partial charge on any atom is 0.267 e. The summed E-state index contributed by atoms with van der Waals surface area (Å²) in [6, 6.07) is 10.5. The van der Waals surface area contributed by atoms with E-state index in [4.69, 9.17) is 11.6 Å². The summed E-state index contributed by atoms with van der Waals surface area (Å²) in [6.07, 6.45) is 8.08. The highest BCUT2D eigenvalue weighted by Crippen LogP contribution is 2.19. The summed E-state index contributed by atoms with van der Waals surface area (Å²) < 4.78 is 1.22. The molecule has 0 aliphatic heterocycles. The fraction of sp³-hybridized carbons (Fsp3) is 0.450. The van der Waals surface area contributed by atoms with E-state index in [-0.39, 0.29) is 24.1 Å². The third-order valence-electron chi connectivity index (χ3n) is 4.77. The van der Waals surface area contributed by atoms with E-state index in [1.165, 1.54) is 30.0 Å². The van der Waals surface area contributed by atoms with Gasteiger partial charge >= 0.3 is 0 Å². The second-order valence-electron chi connectivity index (χ2n) is 6.83. The first-order chi connectivity index (χ1) is 12.6. The third-order valence-corrected chi connectivity index (χ3v) is 5.02. The molecule has 1 heterocycles. The monoisotopic (exact) mass is 373 g/mol. The molecule has 2 aromatic rings. The molecule has 1 fully saturated rings. The number of hydrogen-bond donors (Lipinski definition) is 1. The Kier molecular flexibility index (Phi) is 6.45. The van der Waals surface area contributed by atoms with Gasteiger partial charge in [0.15, 0.2) is 0 Å². The van der Waals surface area contributed by atoms with Crippen molar-refractivity contribution >= 4 is 17.5 Å². The van der Waals surface area contributed by atoms with Crippen molar-refractivity contribution in [1.29, 1.82) is 0 Å². The molecule has 1 amide bonds. The molecule has 1 saturated carbocycles. The average Bonchev–Trinajstić information content (AvgIpc) is 2.60. The van der Waals surface area contributed by atoms with E-state index in [1.807, 2.05) is 12.1 Å². The van der Waals surface area contributed by atoms with Gasteiger partial charge in [0.2, 0.25) is 5.91 Å². The van der Waals surface area contributed by atoms with Gasteiger partial charge in [-0.15, -0.1) is 0 Å². The number of hydrogen-bond acceptors (Lipinski definition) is 3. The van der Waals surface area contributed by atoms with E-state index in [0.29, 0.717) is 10.7 Å². The Hall–Kier alpha value is -2.14. The van der Waals surface area contributed by atoms with E-state index in [0.717, 1.165) is 31.2 Å². The lowest BCUT2D eigenvalue weighted by atomic mass is 9.97. The summed E-state index contributed by atoms with van der Waals surface area (Å²) >= 11 is 5.91. The second kappa shape index (κ2) is 8.99. The van der Waals surface area contributed by atoms with Crippen molar-refractivity contribution < 1.29 is 4.79 Å². The van der Waals surface area contributed by atoms with Gasteiger partial charge in [0.1, 0.15) is 6.54 Å². The molecule has 0 radical (unpaired) electrons. The topological polar surface area (TPSA) is 64.0 Å². The number of benzene rings is 1. The molecule has 1 aromatic carbocycles. The molecule has 1 N–H and O–H groups in total. The predicted molar refractivity (Wildman–Crippen MR) is 103 cm³/mol. The Balaban J connectivity index is 1.68. The van der Waals surface area contributed by atoms with Gasteiger partial charge in [0, 0.05) is 22.7 Å². The number of amides is 1. The Morgan fingerprint density at radius 2 is 1.69 bits per heavy atom. The first-order valence-electron chi connectivity index (χ1n) is 9.25. The molecule has 1 aliphatic rings. The maximum absolute atomic E-state index is 12.4. The van der Waals surface area contributed by atoms with Crippen LogP contribution in [-0.2, 0) is 11.3 Å². The standard InChI is InChI=1S/C20H24ClN3O2/c21-16-10-8-15(9-11-16)18-12-13-20(26)24(23-18)14-19(25)22-17-6-4-2-1-3-5-7-17/h8-13,17H,1-7,14H2,(H,22,25). The zero-order valence-electron chi connectivity index (χ0n) is 14.8. The van der Waals surface area contributed by atoms with Crippen LogP contribution in [0, 0.1) is 0 Å². The van der Waals surface area contributed by atoms with Crippen LogP contribution in [-0.4, -0.2) is 21.7 Å². The molecule has 3 rings (SSSR count). The molecule has 5 nitrogen and oxygen atoms in total. The molecule has 0 spiro atoms. The second-order valence-corrected chi connectivity index (χ2v) is 7.27. The van der Waals surface area contributed by atoms with Crippen molar-refractivity contribution in [2.24, 2.45) is 0 Å². The molecule has 1 aliphatic carbocycles. The van der Waals surface area contributed by atoms with E-state index in [2.05, 4.69) is 10.4 Å². The number of nitrogens with one attached hydrogen (secondary N) is 1. The summed E-state index contributed by atoms with van der Waals surface area (Å²) in [4.78, 5) is 24.5. The molecule has 26 heavy (non-hydrogen) atoms. The molecule has 0 unspecified atom stereocenters. The van der Waals surface area contributed by atoms with Crippen LogP contribution in [0.5, 0.6) is 0 Å². The molecular weight excluding hydrogens is 350 g/mol. The highest BCUT2D eigenvalue weighted by molar-refractivity contribution is 6.30. The molecule has 6 heteroatoms. The molecular formula is C20H24ClN3O2. The smallest absolute Gasteiger partial charge is 0.267 e. The fourth-order valence-electron chi connectivity index (χ4n) is 3.35. The largest absolute Gasteiger partial charge is 0.352 e. The van der Waals surface area contributed by atoms with Crippen LogP contribution in [0.15, 0.2) is 41.2 Å². The van der Waals surface area contributed by atoms with Gasteiger partial charge in [-0.25, -0.2) is 4.68 Å². The Morgan fingerprint density at radius 3 is 2.38 bits per heavy atom. The number of aromatic nitrogens is 2. The predicted octanol–water partition coefficient (Wildman–Crippen LogP) is 3.79. The van der Waals surface area contributed by atoms with Crippen LogP contribution in [0.1, 0.15) is 44.9 Å². The lowest BCUT2D eigenvalue weighted by molar-refractivity contribution is -0.122. The summed E-state index contributed by atoms with van der Waals surface area (Å²) in [5.74, 6) is -0.154. The summed E-state index contributed by atoms with van der Waals surface area (Å²) in [7, 11) is 0. The van der Waals surface area contributed by atoms with Gasteiger partial charge in [-0.05, 0) is 31.0 Å². The Labute approximate surface area is 158 Å². The first-order valence-corrected chi connectivity index (χ1v) is 9.63. The third kappa shape index (κ3) is 5.18. The molecule has 0 bridgehead atoms. The maximum atomic E-state index is 12.4. The van der Waals surface area contributed by atoms with Crippen molar-refractivity contribution in [3.05, 3.63) is 51.8 Å². The Morgan fingerprint density at radius 1 is 1.04 bits per heavy atom. The molecule has 138 valence electrons. The number of carbonyl (C=O) groups excluding carboxylic acids is 1. The minimum Gasteiger partial charge on any atom is -0.352 e. The van der Waals surface area contributed by atoms with Crippen LogP contribution in [0.25, 0.3) is 11.3 Å². The van der Waals surface area contributed by atoms with Gasteiger partial charge < -0.3 is 5.32 Å². The van der Waals surface area contributed by atoms with Crippen molar-refractivity contribution in [3.8, 4) is 11.3 Å². The van der Waals surface area contributed by atoms with Crippen LogP contribution in [0.4, 0.5) is 0 Å². The number of carbonyl (C=O) groups is 1. The summed E-state index contributed by atoms with van der Waals surface area (Å²) in [5, 5.41) is 8.05. The SMILES string of the molecule is O=C(Cn1nc(-c2ccc(Cl)cc2)ccc1=O)NC1CCCCCCC1. The average molecular weight is 374 g/mol. The first kappa shape index (κ1) is 18.6. The minimum atomic E-state index is -0.282. The summed E-state index contributed by atoms with van der Waals surface area (Å²) in [6.45, 7) is -0.0588. The zero-order valence-corrected chi connectivity index (χ0v) is 15.5. The highest BCUT2D eigenvalue weighted by atomic mass is 35.5. The van der Waals surface area contributed by atoms with Gasteiger partial charge in [-0.2, -0.15) is 5.10 Å².